The van der Waals surface area contributed by atoms with Crippen LogP contribution in [0.5, 0.6) is 11.5 Å². The molecule has 1 saturated carbocycles. The Morgan fingerprint density at radius 1 is 1.09 bits per heavy atom. The summed E-state index contributed by atoms with van der Waals surface area (Å²) >= 11 is 0. The van der Waals surface area contributed by atoms with E-state index < -0.39 is 34.3 Å². The number of carbonyl (C=O) groups excluding carboxylic acids is 1. The number of rotatable bonds is 1. The van der Waals surface area contributed by atoms with Crippen LogP contribution in [-0.2, 0) is 27.2 Å². The number of carbonyl (C=O) groups is 1. The van der Waals surface area contributed by atoms with Gasteiger partial charge >= 0.3 is 5.97 Å². The molecule has 3 fully saturated rings. The minimum absolute atomic E-state index is 0.0878. The first-order valence-corrected chi connectivity index (χ1v) is 11.7. The van der Waals surface area contributed by atoms with E-state index in [1.165, 1.54) is 0 Å². The highest BCUT2D eigenvalue weighted by Crippen LogP contribution is 2.70. The first-order valence-electron chi connectivity index (χ1n) is 11.7. The summed E-state index contributed by atoms with van der Waals surface area (Å²) in [7, 11) is 1.57. The van der Waals surface area contributed by atoms with E-state index in [0.29, 0.717) is 42.7 Å². The standard InChI is InChI=1S/C25H32O8/c1-12-14-11-30-20(27)17(14)19(29-6)13-9-15-22(4)7-8-24(28)32-21(2,3)25(22,33-24)16(26)10-23(15,5)31-18(12)13/h15-16,26,28H,7-11H2,1-6H3/t15-,16+,22+,23-,24+,25-/m0/s1. The fourth-order valence-electron chi connectivity index (χ4n) is 8.09. The first-order chi connectivity index (χ1) is 15.3. The number of fused-ring (bicyclic) bond motifs is 5. The van der Waals surface area contributed by atoms with E-state index in [4.69, 9.17) is 23.7 Å². The van der Waals surface area contributed by atoms with Gasteiger partial charge in [0.2, 0.25) is 0 Å². The van der Waals surface area contributed by atoms with Gasteiger partial charge in [0.1, 0.15) is 40.5 Å². The number of benzene rings is 1. The predicted octanol–water partition coefficient (Wildman–Crippen LogP) is 2.76. The Morgan fingerprint density at radius 2 is 1.82 bits per heavy atom. The quantitative estimate of drug-likeness (QED) is 0.617. The van der Waals surface area contributed by atoms with Gasteiger partial charge in [-0.15, -0.1) is 0 Å². The number of esters is 1. The van der Waals surface area contributed by atoms with Crippen LogP contribution in [-0.4, -0.2) is 52.2 Å². The fourth-order valence-corrected chi connectivity index (χ4v) is 8.09. The molecule has 0 unspecified atom stereocenters. The molecule has 4 aliphatic heterocycles. The third-order valence-corrected chi connectivity index (χ3v) is 9.38. The highest BCUT2D eigenvalue weighted by atomic mass is 16.9. The van der Waals surface area contributed by atoms with Crippen molar-refractivity contribution in [3.63, 3.8) is 0 Å². The van der Waals surface area contributed by atoms with Crippen LogP contribution < -0.4 is 9.47 Å². The maximum absolute atomic E-state index is 12.5. The number of ether oxygens (including phenoxy) is 5. The maximum Gasteiger partial charge on any atom is 0.342 e. The summed E-state index contributed by atoms with van der Waals surface area (Å²) in [5, 5.41) is 22.6. The Labute approximate surface area is 193 Å². The number of hydrogen-bond donors (Lipinski definition) is 2. The van der Waals surface area contributed by atoms with Crippen LogP contribution in [0.25, 0.3) is 0 Å². The summed E-state index contributed by atoms with van der Waals surface area (Å²) in [4.78, 5) is 12.5. The number of aliphatic hydroxyl groups is 2. The van der Waals surface area contributed by atoms with E-state index in [9.17, 15) is 15.0 Å². The Bertz CT molecular complexity index is 1100. The molecule has 180 valence electrons. The molecule has 6 rings (SSSR count). The molecule has 2 saturated heterocycles. The minimum Gasteiger partial charge on any atom is -0.495 e. The van der Waals surface area contributed by atoms with Gasteiger partial charge in [-0.1, -0.05) is 6.92 Å². The molecule has 0 aromatic heterocycles. The summed E-state index contributed by atoms with van der Waals surface area (Å²) < 4.78 is 30.2. The average Bonchev–Trinajstić information content (AvgIpc) is 3.19. The highest BCUT2D eigenvalue weighted by molar-refractivity contribution is 5.98. The van der Waals surface area contributed by atoms with Gasteiger partial charge in [0.15, 0.2) is 0 Å². The molecule has 1 aromatic carbocycles. The van der Waals surface area contributed by atoms with E-state index in [2.05, 4.69) is 6.92 Å². The molecule has 6 atom stereocenters. The maximum atomic E-state index is 12.5. The molecule has 4 heterocycles. The molecular formula is C25H32O8. The third-order valence-electron chi connectivity index (χ3n) is 9.38. The second-order valence-corrected chi connectivity index (χ2v) is 11.4. The van der Waals surface area contributed by atoms with Crippen molar-refractivity contribution in [1.29, 1.82) is 0 Å². The van der Waals surface area contributed by atoms with Crippen LogP contribution in [0.4, 0.5) is 0 Å². The van der Waals surface area contributed by atoms with Crippen LogP contribution in [0.2, 0.25) is 0 Å². The topological polar surface area (TPSA) is 104 Å². The Balaban J connectivity index is 1.56. The molecule has 8 heteroatoms. The molecular weight excluding hydrogens is 428 g/mol. The van der Waals surface area contributed by atoms with Crippen LogP contribution >= 0.6 is 0 Å². The molecule has 0 radical (unpaired) electrons. The Kier molecular flexibility index (Phi) is 3.95. The zero-order chi connectivity index (χ0) is 23.8. The van der Waals surface area contributed by atoms with E-state index in [1.807, 2.05) is 27.7 Å². The van der Waals surface area contributed by atoms with Crippen molar-refractivity contribution in [3.8, 4) is 11.5 Å². The van der Waals surface area contributed by atoms with Gasteiger partial charge in [-0.05, 0) is 46.1 Å². The van der Waals surface area contributed by atoms with Crippen LogP contribution in [0.15, 0.2) is 0 Å². The molecule has 8 nitrogen and oxygen atoms in total. The number of methoxy groups -OCH3 is 1. The normalized spacial score (nSPS) is 44.2. The van der Waals surface area contributed by atoms with Crippen molar-refractivity contribution < 1.29 is 38.7 Å². The zero-order valence-electron chi connectivity index (χ0n) is 20.0. The molecule has 1 spiro atoms. The smallest absolute Gasteiger partial charge is 0.342 e. The van der Waals surface area contributed by atoms with E-state index in [-0.39, 0.29) is 18.5 Å². The molecule has 1 aromatic rings. The summed E-state index contributed by atoms with van der Waals surface area (Å²) in [6.07, 6.45) is 0.893. The highest BCUT2D eigenvalue weighted by Gasteiger charge is 2.80. The van der Waals surface area contributed by atoms with E-state index in [1.54, 1.807) is 7.11 Å². The van der Waals surface area contributed by atoms with Gasteiger partial charge in [-0.2, -0.15) is 0 Å². The van der Waals surface area contributed by atoms with E-state index in [0.717, 1.165) is 16.7 Å². The Hall–Kier alpha value is -1.87. The second kappa shape index (κ2) is 6.03. The SMILES string of the molecule is COc1c2c(c(C)c3c1C(=O)OC3)O[C@@]1(C)C[C@@H](O)[C@@]34O[C@@](O)(CC[C@]3(C)[C@@H]1C2)OC4(C)C. The second-order valence-electron chi connectivity index (χ2n) is 11.4. The molecule has 33 heavy (non-hydrogen) atoms. The van der Waals surface area contributed by atoms with E-state index >= 15 is 0 Å². The molecule has 1 aliphatic carbocycles. The van der Waals surface area contributed by atoms with Gasteiger partial charge in [0, 0.05) is 35.3 Å². The first kappa shape index (κ1) is 21.6. The van der Waals surface area contributed by atoms with Gasteiger partial charge in [0.05, 0.1) is 13.2 Å². The lowest BCUT2D eigenvalue weighted by molar-refractivity contribution is -0.384. The third kappa shape index (κ3) is 2.29. The molecule has 5 aliphatic rings. The van der Waals surface area contributed by atoms with Gasteiger partial charge in [0.25, 0.3) is 5.97 Å². The van der Waals surface area contributed by atoms with Gasteiger partial charge in [-0.3, -0.25) is 0 Å². The monoisotopic (exact) mass is 460 g/mol. The fraction of sp³-hybridized carbons (Fsp3) is 0.720. The number of aliphatic hydroxyl groups excluding tert-OH is 1. The summed E-state index contributed by atoms with van der Waals surface area (Å²) in [5.41, 5.74) is -0.292. The van der Waals surface area contributed by atoms with Crippen molar-refractivity contribution in [1.82, 2.24) is 0 Å². The molecule has 2 N–H and O–H groups in total. The lowest BCUT2D eigenvalue weighted by atomic mass is 9.46. The van der Waals surface area contributed by atoms with Crippen molar-refractivity contribution in [2.45, 2.75) is 95.8 Å². The zero-order valence-corrected chi connectivity index (χ0v) is 20.0. The summed E-state index contributed by atoms with van der Waals surface area (Å²) in [6, 6.07) is 0. The molecule has 0 amide bonds. The number of cyclic esters (lactones) is 1. The van der Waals surface area contributed by atoms with Crippen molar-refractivity contribution in [2.75, 3.05) is 7.11 Å². The van der Waals surface area contributed by atoms with Gasteiger partial charge < -0.3 is 33.9 Å². The number of hydrogen-bond acceptors (Lipinski definition) is 8. The van der Waals surface area contributed by atoms with Gasteiger partial charge in [-0.25, -0.2) is 4.79 Å². The van der Waals surface area contributed by atoms with Crippen LogP contribution in [0, 0.1) is 18.3 Å². The predicted molar refractivity (Wildman–Crippen MR) is 115 cm³/mol. The Morgan fingerprint density at radius 3 is 2.52 bits per heavy atom. The molecule has 2 bridgehead atoms. The van der Waals surface area contributed by atoms with Crippen LogP contribution in [0.1, 0.15) is 74.0 Å². The summed E-state index contributed by atoms with van der Waals surface area (Å²) in [6.45, 7) is 10.1. The largest absolute Gasteiger partial charge is 0.495 e. The van der Waals surface area contributed by atoms with Crippen molar-refractivity contribution >= 4 is 5.97 Å². The average molecular weight is 461 g/mol. The summed E-state index contributed by atoms with van der Waals surface area (Å²) in [5.74, 6) is -0.947. The van der Waals surface area contributed by atoms with Crippen molar-refractivity contribution in [3.05, 3.63) is 22.3 Å². The lowest BCUT2D eigenvalue weighted by Crippen LogP contribution is -2.76. The van der Waals surface area contributed by atoms with Crippen molar-refractivity contribution in [2.24, 2.45) is 11.3 Å². The van der Waals surface area contributed by atoms with Crippen LogP contribution in [0.3, 0.4) is 0 Å². The lowest BCUT2D eigenvalue weighted by Gasteiger charge is -2.66. The minimum atomic E-state index is -1.70.